The topological polar surface area (TPSA) is 87.2 Å². The molecule has 0 atom stereocenters. The summed E-state index contributed by atoms with van der Waals surface area (Å²) < 4.78 is 22.6. The fraction of sp³-hybridized carbons (Fsp3) is 0.100. The molecule has 2 rings (SSSR count). The van der Waals surface area contributed by atoms with Crippen LogP contribution in [-0.4, -0.2) is 30.7 Å². The first-order valence-electron chi connectivity index (χ1n) is 4.44. The van der Waals surface area contributed by atoms with Crippen LogP contribution in [0.25, 0.3) is 10.9 Å². The van der Waals surface area contributed by atoms with Crippen LogP contribution in [0.5, 0.6) is 0 Å². The predicted octanol–water partition coefficient (Wildman–Crippen LogP) is 1.27. The Kier molecular flexibility index (Phi) is 2.23. The second kappa shape index (κ2) is 3.34. The highest BCUT2D eigenvalue weighted by atomic mass is 32.2. The fourth-order valence-electron chi connectivity index (χ4n) is 1.51. The van der Waals surface area contributed by atoms with E-state index in [0.29, 0.717) is 10.9 Å². The number of nitrogens with one attached hydrogen (secondary N) is 1. The zero-order chi connectivity index (χ0) is 11.9. The molecule has 2 aromatic rings. The van der Waals surface area contributed by atoms with Crippen molar-refractivity contribution in [1.29, 1.82) is 0 Å². The maximum Gasteiger partial charge on any atom is 0.337 e. The normalized spacial score (nSPS) is 11.8. The summed E-state index contributed by atoms with van der Waals surface area (Å²) in [6, 6.07) is 4.36. The molecule has 0 fully saturated rings. The molecule has 0 aliphatic rings. The number of hydrogen-bond acceptors (Lipinski definition) is 3. The lowest BCUT2D eigenvalue weighted by Gasteiger charge is -1.98. The van der Waals surface area contributed by atoms with Gasteiger partial charge in [-0.2, -0.15) is 0 Å². The third kappa shape index (κ3) is 1.67. The van der Waals surface area contributed by atoms with Gasteiger partial charge in [-0.1, -0.05) is 0 Å². The molecule has 0 aliphatic carbocycles. The summed E-state index contributed by atoms with van der Waals surface area (Å²) in [5, 5.41) is 9.29. The summed E-state index contributed by atoms with van der Waals surface area (Å²) in [7, 11) is -3.32. The molecular formula is C10H9NO4S. The molecule has 0 saturated heterocycles. The Morgan fingerprint density at radius 1 is 1.38 bits per heavy atom. The van der Waals surface area contributed by atoms with Gasteiger partial charge in [-0.15, -0.1) is 0 Å². The van der Waals surface area contributed by atoms with Gasteiger partial charge in [0.05, 0.1) is 10.5 Å². The van der Waals surface area contributed by atoms with E-state index in [4.69, 9.17) is 5.11 Å². The first kappa shape index (κ1) is 10.7. The van der Waals surface area contributed by atoms with Gasteiger partial charge in [-0.05, 0) is 18.2 Å². The van der Waals surface area contributed by atoms with Gasteiger partial charge in [0.15, 0.2) is 9.84 Å². The van der Waals surface area contributed by atoms with Crippen molar-refractivity contribution in [1.82, 2.24) is 4.98 Å². The van der Waals surface area contributed by atoms with E-state index in [2.05, 4.69) is 4.98 Å². The van der Waals surface area contributed by atoms with Crippen molar-refractivity contribution in [3.8, 4) is 0 Å². The minimum Gasteiger partial charge on any atom is -0.478 e. The van der Waals surface area contributed by atoms with Crippen molar-refractivity contribution >= 4 is 26.7 Å². The lowest BCUT2D eigenvalue weighted by Crippen LogP contribution is -1.98. The van der Waals surface area contributed by atoms with Crippen molar-refractivity contribution in [3.63, 3.8) is 0 Å². The molecule has 1 aromatic carbocycles. The molecule has 16 heavy (non-hydrogen) atoms. The van der Waals surface area contributed by atoms with Crippen LogP contribution >= 0.6 is 0 Å². The van der Waals surface area contributed by atoms with E-state index in [9.17, 15) is 13.2 Å². The summed E-state index contributed by atoms with van der Waals surface area (Å²) >= 11 is 0. The number of hydrogen-bond donors (Lipinski definition) is 2. The van der Waals surface area contributed by atoms with Gasteiger partial charge < -0.3 is 10.1 Å². The van der Waals surface area contributed by atoms with Gasteiger partial charge in [0.2, 0.25) is 0 Å². The van der Waals surface area contributed by atoms with Crippen molar-refractivity contribution in [2.75, 3.05) is 6.26 Å². The van der Waals surface area contributed by atoms with E-state index >= 15 is 0 Å². The Labute approximate surface area is 91.6 Å². The van der Waals surface area contributed by atoms with Crippen molar-refractivity contribution in [2.45, 2.75) is 4.90 Å². The number of aromatic amines is 1. The smallest absolute Gasteiger partial charge is 0.337 e. The highest BCUT2D eigenvalue weighted by Gasteiger charge is 2.13. The van der Waals surface area contributed by atoms with E-state index in [1.54, 1.807) is 6.07 Å². The number of H-pyrrole nitrogens is 1. The molecular weight excluding hydrogens is 230 g/mol. The van der Waals surface area contributed by atoms with Gasteiger partial charge >= 0.3 is 5.97 Å². The highest BCUT2D eigenvalue weighted by Crippen LogP contribution is 2.22. The second-order valence-electron chi connectivity index (χ2n) is 3.49. The summed E-state index contributed by atoms with van der Waals surface area (Å²) in [5.74, 6) is -1.09. The van der Waals surface area contributed by atoms with Gasteiger partial charge in [0.25, 0.3) is 0 Å². The lowest BCUT2D eigenvalue weighted by atomic mass is 10.2. The molecule has 0 spiro atoms. The van der Waals surface area contributed by atoms with Crippen LogP contribution in [-0.2, 0) is 9.84 Å². The monoisotopic (exact) mass is 239 g/mol. The molecule has 1 heterocycles. The molecule has 0 bridgehead atoms. The van der Waals surface area contributed by atoms with Crippen LogP contribution in [0.2, 0.25) is 0 Å². The van der Waals surface area contributed by atoms with E-state index in [1.165, 1.54) is 18.3 Å². The molecule has 0 amide bonds. The van der Waals surface area contributed by atoms with E-state index < -0.39 is 15.8 Å². The fourth-order valence-corrected chi connectivity index (χ4v) is 2.15. The Balaban J connectivity index is 2.78. The number of rotatable bonds is 2. The average Bonchev–Trinajstić information content (AvgIpc) is 2.58. The number of benzene rings is 1. The predicted molar refractivity (Wildman–Crippen MR) is 58.4 cm³/mol. The number of carboxylic acid groups (broad SMARTS) is 1. The van der Waals surface area contributed by atoms with Crippen molar-refractivity contribution in [3.05, 3.63) is 30.0 Å². The van der Waals surface area contributed by atoms with Gasteiger partial charge in [0, 0.05) is 23.4 Å². The first-order chi connectivity index (χ1) is 7.39. The third-order valence-electron chi connectivity index (χ3n) is 2.31. The van der Waals surface area contributed by atoms with Crippen LogP contribution in [0.4, 0.5) is 0 Å². The molecule has 5 nitrogen and oxygen atoms in total. The number of aromatic carboxylic acids is 1. The zero-order valence-corrected chi connectivity index (χ0v) is 9.21. The molecule has 2 N–H and O–H groups in total. The van der Waals surface area contributed by atoms with Crippen LogP contribution < -0.4 is 0 Å². The van der Waals surface area contributed by atoms with Crippen LogP contribution in [0.1, 0.15) is 10.4 Å². The Hall–Kier alpha value is -1.82. The van der Waals surface area contributed by atoms with Crippen LogP contribution in [0.3, 0.4) is 0 Å². The Morgan fingerprint density at radius 2 is 2.06 bits per heavy atom. The summed E-state index contributed by atoms with van der Waals surface area (Å²) in [6.45, 7) is 0. The Morgan fingerprint density at radius 3 is 2.62 bits per heavy atom. The van der Waals surface area contributed by atoms with Gasteiger partial charge in [-0.25, -0.2) is 13.2 Å². The number of sulfone groups is 1. The SMILES string of the molecule is CS(=O)(=O)c1ccc2[nH]cc(C(=O)O)c2c1. The molecule has 84 valence electrons. The van der Waals surface area contributed by atoms with Crippen LogP contribution in [0.15, 0.2) is 29.3 Å². The molecule has 0 aliphatic heterocycles. The summed E-state index contributed by atoms with van der Waals surface area (Å²) in [5.41, 5.74) is 0.672. The average molecular weight is 239 g/mol. The number of aromatic nitrogens is 1. The largest absolute Gasteiger partial charge is 0.478 e. The Bertz CT molecular complexity index is 669. The maximum atomic E-state index is 11.3. The third-order valence-corrected chi connectivity index (χ3v) is 3.42. The molecule has 0 unspecified atom stereocenters. The van der Waals surface area contributed by atoms with E-state index in [-0.39, 0.29) is 10.5 Å². The summed E-state index contributed by atoms with van der Waals surface area (Å²) in [6.07, 6.45) is 2.43. The molecule has 0 saturated carbocycles. The standard InChI is InChI=1S/C10H9NO4S/c1-16(14,15)6-2-3-9-7(4-6)8(5-11-9)10(12)13/h2-5,11H,1H3,(H,12,13). The maximum absolute atomic E-state index is 11.3. The quantitative estimate of drug-likeness (QED) is 0.826. The first-order valence-corrected chi connectivity index (χ1v) is 6.33. The number of carboxylic acids is 1. The minimum atomic E-state index is -3.32. The van der Waals surface area contributed by atoms with E-state index in [0.717, 1.165) is 6.26 Å². The van der Waals surface area contributed by atoms with E-state index in [1.807, 2.05) is 0 Å². The summed E-state index contributed by atoms with van der Waals surface area (Å²) in [4.78, 5) is 13.8. The van der Waals surface area contributed by atoms with Gasteiger partial charge in [-0.3, -0.25) is 0 Å². The number of carbonyl (C=O) groups is 1. The second-order valence-corrected chi connectivity index (χ2v) is 5.50. The van der Waals surface area contributed by atoms with Crippen LogP contribution in [0, 0.1) is 0 Å². The molecule has 0 radical (unpaired) electrons. The van der Waals surface area contributed by atoms with Crippen molar-refractivity contribution in [2.24, 2.45) is 0 Å². The number of fused-ring (bicyclic) bond motifs is 1. The zero-order valence-electron chi connectivity index (χ0n) is 8.39. The van der Waals surface area contributed by atoms with Gasteiger partial charge in [0.1, 0.15) is 0 Å². The minimum absolute atomic E-state index is 0.0699. The highest BCUT2D eigenvalue weighted by molar-refractivity contribution is 7.90. The van der Waals surface area contributed by atoms with Crippen molar-refractivity contribution < 1.29 is 18.3 Å². The lowest BCUT2D eigenvalue weighted by molar-refractivity contribution is 0.0699. The molecule has 6 heteroatoms. The molecule has 1 aromatic heterocycles.